The van der Waals surface area contributed by atoms with Crippen molar-refractivity contribution in [2.24, 2.45) is 0 Å². The van der Waals surface area contributed by atoms with E-state index in [-0.39, 0.29) is 18.8 Å². The molecule has 0 atom stereocenters. The summed E-state index contributed by atoms with van der Waals surface area (Å²) in [5.41, 5.74) is 0.414. The third-order valence-electron chi connectivity index (χ3n) is 1.08. The van der Waals surface area contributed by atoms with E-state index in [9.17, 15) is 4.79 Å². The fourth-order valence-corrected chi connectivity index (χ4v) is 0.466. The van der Waals surface area contributed by atoms with E-state index in [4.69, 9.17) is 10.0 Å². The van der Waals surface area contributed by atoms with Crippen molar-refractivity contribution in [2.75, 3.05) is 6.54 Å². The van der Waals surface area contributed by atoms with E-state index in [0.29, 0.717) is 5.57 Å². The first-order valence-corrected chi connectivity index (χ1v) is 3.34. The second kappa shape index (κ2) is 4.93. The Balaban J connectivity index is 3.40. The van der Waals surface area contributed by atoms with Crippen molar-refractivity contribution in [3.05, 3.63) is 12.2 Å². The van der Waals surface area contributed by atoms with Gasteiger partial charge in [0.1, 0.15) is 0 Å². The van der Waals surface area contributed by atoms with Gasteiger partial charge in [-0.15, -0.1) is 0 Å². The summed E-state index contributed by atoms with van der Waals surface area (Å²) < 4.78 is 0. The van der Waals surface area contributed by atoms with E-state index < -0.39 is 7.12 Å². The molecule has 4 nitrogen and oxygen atoms in total. The molecule has 0 aliphatic heterocycles. The first kappa shape index (κ1) is 10.2. The normalized spacial score (nSPS) is 9.00. The third kappa shape index (κ3) is 5.63. The summed E-state index contributed by atoms with van der Waals surface area (Å²) in [6.45, 7) is 5.26. The number of carbonyl (C=O) groups is 1. The second-order valence-corrected chi connectivity index (χ2v) is 2.31. The minimum absolute atomic E-state index is 0.138. The van der Waals surface area contributed by atoms with E-state index in [1.807, 2.05) is 0 Å². The van der Waals surface area contributed by atoms with E-state index >= 15 is 0 Å². The average Bonchev–Trinajstić information content (AvgIpc) is 1.86. The summed E-state index contributed by atoms with van der Waals surface area (Å²) in [4.78, 5) is 10.8. The van der Waals surface area contributed by atoms with Gasteiger partial charge in [-0.1, -0.05) is 6.58 Å². The van der Waals surface area contributed by atoms with Gasteiger partial charge in [-0.25, -0.2) is 0 Å². The van der Waals surface area contributed by atoms with Crippen LogP contribution in [0.25, 0.3) is 0 Å². The van der Waals surface area contributed by atoms with Gasteiger partial charge >= 0.3 is 7.12 Å². The summed E-state index contributed by atoms with van der Waals surface area (Å²) >= 11 is 0. The molecular weight excluding hydrogens is 145 g/mol. The van der Waals surface area contributed by atoms with E-state index in [2.05, 4.69) is 11.9 Å². The molecule has 0 radical (unpaired) electrons. The summed E-state index contributed by atoms with van der Waals surface area (Å²) in [7, 11) is -1.36. The zero-order chi connectivity index (χ0) is 8.85. The van der Waals surface area contributed by atoms with Gasteiger partial charge in [0, 0.05) is 12.1 Å². The molecule has 0 rings (SSSR count). The lowest BCUT2D eigenvalue weighted by atomic mass is 9.86. The highest BCUT2D eigenvalue weighted by atomic mass is 16.4. The van der Waals surface area contributed by atoms with Crippen LogP contribution in [0, 0.1) is 0 Å². The SMILES string of the molecule is C=C(C)C(=O)NCCB(O)O. The van der Waals surface area contributed by atoms with Crippen LogP contribution in [0.15, 0.2) is 12.2 Å². The monoisotopic (exact) mass is 157 g/mol. The number of hydrogen-bond acceptors (Lipinski definition) is 3. The molecule has 0 aliphatic carbocycles. The van der Waals surface area contributed by atoms with Gasteiger partial charge in [0.05, 0.1) is 0 Å². The fraction of sp³-hybridized carbons (Fsp3) is 0.500. The maximum Gasteiger partial charge on any atom is 0.453 e. The van der Waals surface area contributed by atoms with Crippen LogP contribution in [-0.2, 0) is 4.79 Å². The van der Waals surface area contributed by atoms with Gasteiger partial charge in [-0.3, -0.25) is 4.79 Å². The third-order valence-corrected chi connectivity index (χ3v) is 1.08. The molecule has 62 valence electrons. The van der Waals surface area contributed by atoms with E-state index in [1.165, 1.54) is 0 Å². The molecule has 0 saturated carbocycles. The Kier molecular flexibility index (Phi) is 4.57. The highest BCUT2D eigenvalue weighted by molar-refractivity contribution is 6.41. The Morgan fingerprint density at radius 2 is 2.18 bits per heavy atom. The molecule has 3 N–H and O–H groups in total. The molecule has 0 aromatic heterocycles. The molecule has 0 saturated heterocycles. The van der Waals surface area contributed by atoms with Crippen LogP contribution >= 0.6 is 0 Å². The smallest absolute Gasteiger partial charge is 0.427 e. The lowest BCUT2D eigenvalue weighted by molar-refractivity contribution is -0.117. The highest BCUT2D eigenvalue weighted by Gasteiger charge is 2.06. The van der Waals surface area contributed by atoms with Crippen molar-refractivity contribution in [2.45, 2.75) is 13.2 Å². The zero-order valence-corrected chi connectivity index (χ0v) is 6.50. The van der Waals surface area contributed by atoms with Crippen molar-refractivity contribution in [1.29, 1.82) is 0 Å². The molecule has 0 aliphatic rings. The molecule has 0 spiro atoms. The molecule has 0 aromatic rings. The largest absolute Gasteiger partial charge is 0.453 e. The van der Waals surface area contributed by atoms with Crippen molar-refractivity contribution in [1.82, 2.24) is 5.32 Å². The summed E-state index contributed by atoms with van der Waals surface area (Å²) in [5.74, 6) is -0.259. The van der Waals surface area contributed by atoms with Crippen LogP contribution in [0.1, 0.15) is 6.92 Å². The number of rotatable bonds is 4. The first-order valence-electron chi connectivity index (χ1n) is 3.34. The molecule has 0 aromatic carbocycles. The summed E-state index contributed by atoms with van der Waals surface area (Å²) in [6.07, 6.45) is 0.138. The van der Waals surface area contributed by atoms with Gasteiger partial charge in [0.15, 0.2) is 0 Å². The van der Waals surface area contributed by atoms with Crippen LogP contribution in [0.3, 0.4) is 0 Å². The minimum Gasteiger partial charge on any atom is -0.427 e. The molecule has 0 unspecified atom stereocenters. The van der Waals surface area contributed by atoms with Gasteiger partial charge < -0.3 is 15.4 Å². The van der Waals surface area contributed by atoms with E-state index in [1.54, 1.807) is 6.92 Å². The van der Waals surface area contributed by atoms with Gasteiger partial charge in [-0.05, 0) is 13.2 Å². The lowest BCUT2D eigenvalue weighted by Crippen LogP contribution is -2.28. The van der Waals surface area contributed by atoms with Crippen LogP contribution in [0.5, 0.6) is 0 Å². The Bertz CT molecular complexity index is 158. The van der Waals surface area contributed by atoms with Crippen molar-refractivity contribution < 1.29 is 14.8 Å². The average molecular weight is 157 g/mol. The van der Waals surface area contributed by atoms with Crippen molar-refractivity contribution >= 4 is 13.0 Å². The Labute approximate surface area is 66.1 Å². The predicted octanol–water partition coefficient (Wildman–Crippen LogP) is -0.849. The second-order valence-electron chi connectivity index (χ2n) is 2.31. The molecule has 0 heterocycles. The Hall–Kier alpha value is -0.805. The molecule has 1 amide bonds. The van der Waals surface area contributed by atoms with Gasteiger partial charge in [0.2, 0.25) is 5.91 Å². The fourth-order valence-electron chi connectivity index (χ4n) is 0.466. The highest BCUT2D eigenvalue weighted by Crippen LogP contribution is 1.86. The minimum atomic E-state index is -1.36. The topological polar surface area (TPSA) is 69.6 Å². The zero-order valence-electron chi connectivity index (χ0n) is 6.50. The number of nitrogens with one attached hydrogen (secondary N) is 1. The van der Waals surface area contributed by atoms with Crippen LogP contribution in [0.4, 0.5) is 0 Å². The van der Waals surface area contributed by atoms with Gasteiger partial charge in [0.25, 0.3) is 0 Å². The van der Waals surface area contributed by atoms with Gasteiger partial charge in [-0.2, -0.15) is 0 Å². The quantitative estimate of drug-likeness (QED) is 0.367. The molecule has 5 heteroatoms. The number of carbonyl (C=O) groups excluding carboxylic acids is 1. The van der Waals surface area contributed by atoms with Crippen LogP contribution in [0.2, 0.25) is 6.32 Å². The van der Waals surface area contributed by atoms with Crippen molar-refractivity contribution in [3.8, 4) is 0 Å². The Morgan fingerprint density at radius 3 is 2.55 bits per heavy atom. The van der Waals surface area contributed by atoms with Crippen molar-refractivity contribution in [3.63, 3.8) is 0 Å². The maximum absolute atomic E-state index is 10.8. The Morgan fingerprint density at radius 1 is 1.64 bits per heavy atom. The predicted molar refractivity (Wildman–Crippen MR) is 42.8 cm³/mol. The lowest BCUT2D eigenvalue weighted by Gasteiger charge is -2.02. The molecule has 0 bridgehead atoms. The van der Waals surface area contributed by atoms with Crippen LogP contribution in [-0.4, -0.2) is 29.6 Å². The number of amides is 1. The molecular formula is C6H12BNO3. The summed E-state index contributed by atoms with van der Waals surface area (Å²) in [5, 5.41) is 19.2. The standard InChI is InChI=1S/C6H12BNO3/c1-5(2)6(9)8-4-3-7(10)11/h10-11H,1,3-4H2,2H3,(H,8,9). The maximum atomic E-state index is 10.8. The summed E-state index contributed by atoms with van der Waals surface area (Å²) in [6, 6.07) is 0. The molecule has 0 fully saturated rings. The number of hydrogen-bond donors (Lipinski definition) is 3. The van der Waals surface area contributed by atoms with E-state index in [0.717, 1.165) is 0 Å². The molecule has 11 heavy (non-hydrogen) atoms. The van der Waals surface area contributed by atoms with Crippen LogP contribution < -0.4 is 5.32 Å². The first-order chi connectivity index (χ1) is 5.04.